The largest absolute Gasteiger partial charge is 0.428 e. The van der Waals surface area contributed by atoms with E-state index in [0.717, 1.165) is 11.3 Å². The summed E-state index contributed by atoms with van der Waals surface area (Å²) >= 11 is 5.69. The van der Waals surface area contributed by atoms with Crippen molar-refractivity contribution in [3.05, 3.63) is 58.9 Å². The average molecular weight is 358 g/mol. The summed E-state index contributed by atoms with van der Waals surface area (Å²) in [4.78, 5) is 28.0. The van der Waals surface area contributed by atoms with Crippen LogP contribution in [0.5, 0.6) is 0 Å². The summed E-state index contributed by atoms with van der Waals surface area (Å²) in [5.74, 6) is -0.459. The van der Waals surface area contributed by atoms with E-state index in [0.29, 0.717) is 16.7 Å². The molecule has 0 aliphatic heterocycles. The van der Waals surface area contributed by atoms with Gasteiger partial charge >= 0.3 is 0 Å². The average Bonchev–Trinajstić information content (AvgIpc) is 2.96. The molecular formula is C18H16ClN3O3. The number of fused-ring (bicyclic) bond motifs is 1. The van der Waals surface area contributed by atoms with E-state index < -0.39 is 0 Å². The standard InChI is InChI=1S/C18H16ClN3O3/c1-11-2-5-13(6-3-11)21-16(23)8-9-20-17(24)12-4-7-14-15(10-12)25-18(19)22-14/h2-7,10H,8-9H2,1H3,(H,20,24)(H,21,23). The first kappa shape index (κ1) is 17.0. The zero-order valence-corrected chi connectivity index (χ0v) is 14.3. The zero-order chi connectivity index (χ0) is 17.8. The lowest BCUT2D eigenvalue weighted by Crippen LogP contribution is -2.27. The van der Waals surface area contributed by atoms with Crippen molar-refractivity contribution in [2.75, 3.05) is 11.9 Å². The highest BCUT2D eigenvalue weighted by Gasteiger charge is 2.10. The summed E-state index contributed by atoms with van der Waals surface area (Å²) in [5.41, 5.74) is 3.29. The summed E-state index contributed by atoms with van der Waals surface area (Å²) in [6.45, 7) is 2.21. The Balaban J connectivity index is 1.51. The van der Waals surface area contributed by atoms with Gasteiger partial charge in [-0.15, -0.1) is 0 Å². The van der Waals surface area contributed by atoms with Crippen LogP contribution in [0.4, 0.5) is 5.69 Å². The molecule has 2 aromatic carbocycles. The van der Waals surface area contributed by atoms with E-state index in [2.05, 4.69) is 15.6 Å². The molecular weight excluding hydrogens is 342 g/mol. The molecule has 0 saturated heterocycles. The van der Waals surface area contributed by atoms with E-state index in [-0.39, 0.29) is 30.1 Å². The Morgan fingerprint density at radius 3 is 2.68 bits per heavy atom. The highest BCUT2D eigenvalue weighted by molar-refractivity contribution is 6.28. The molecule has 0 saturated carbocycles. The van der Waals surface area contributed by atoms with E-state index in [1.165, 1.54) is 0 Å². The molecule has 0 aliphatic carbocycles. The predicted octanol–water partition coefficient (Wildman–Crippen LogP) is 3.55. The number of aromatic nitrogens is 1. The van der Waals surface area contributed by atoms with Crippen molar-refractivity contribution in [2.24, 2.45) is 0 Å². The maximum atomic E-state index is 12.1. The van der Waals surface area contributed by atoms with Gasteiger partial charge in [0.15, 0.2) is 5.58 Å². The van der Waals surface area contributed by atoms with Gasteiger partial charge in [-0.2, -0.15) is 4.98 Å². The van der Waals surface area contributed by atoms with E-state index in [4.69, 9.17) is 16.0 Å². The number of hydrogen-bond donors (Lipinski definition) is 2. The van der Waals surface area contributed by atoms with Crippen LogP contribution in [-0.4, -0.2) is 23.3 Å². The molecule has 0 spiro atoms. The first-order valence-corrected chi connectivity index (χ1v) is 8.10. The van der Waals surface area contributed by atoms with Crippen LogP contribution < -0.4 is 10.6 Å². The number of anilines is 1. The Labute approximate surface area is 149 Å². The minimum absolute atomic E-state index is 0.0281. The lowest BCUT2D eigenvalue weighted by atomic mass is 10.2. The third-order valence-corrected chi connectivity index (χ3v) is 3.76. The molecule has 0 bridgehead atoms. The number of halogens is 1. The Kier molecular flexibility index (Phi) is 5.00. The number of nitrogens with one attached hydrogen (secondary N) is 2. The highest BCUT2D eigenvalue weighted by Crippen LogP contribution is 2.20. The molecule has 6 nitrogen and oxygen atoms in total. The van der Waals surface area contributed by atoms with Crippen LogP contribution >= 0.6 is 11.6 Å². The molecule has 2 amide bonds. The van der Waals surface area contributed by atoms with Crippen molar-refractivity contribution in [1.82, 2.24) is 10.3 Å². The maximum absolute atomic E-state index is 12.1. The van der Waals surface area contributed by atoms with Crippen LogP contribution in [0.3, 0.4) is 0 Å². The molecule has 0 radical (unpaired) electrons. The minimum atomic E-state index is -0.294. The number of aryl methyl sites for hydroxylation is 1. The van der Waals surface area contributed by atoms with Crippen LogP contribution in [0.25, 0.3) is 11.1 Å². The molecule has 0 atom stereocenters. The van der Waals surface area contributed by atoms with E-state index >= 15 is 0 Å². The maximum Gasteiger partial charge on any atom is 0.293 e. The number of hydrogen-bond acceptors (Lipinski definition) is 4. The summed E-state index contributed by atoms with van der Waals surface area (Å²) in [7, 11) is 0. The second kappa shape index (κ2) is 7.36. The summed E-state index contributed by atoms with van der Waals surface area (Å²) in [6, 6.07) is 12.4. The van der Waals surface area contributed by atoms with E-state index in [1.807, 2.05) is 31.2 Å². The lowest BCUT2D eigenvalue weighted by molar-refractivity contribution is -0.116. The number of benzene rings is 2. The Morgan fingerprint density at radius 2 is 1.92 bits per heavy atom. The Morgan fingerprint density at radius 1 is 1.16 bits per heavy atom. The number of carbonyl (C=O) groups excluding carboxylic acids is 2. The van der Waals surface area contributed by atoms with Crippen molar-refractivity contribution < 1.29 is 14.0 Å². The van der Waals surface area contributed by atoms with Gasteiger partial charge in [-0.05, 0) is 48.9 Å². The fraction of sp³-hybridized carbons (Fsp3) is 0.167. The van der Waals surface area contributed by atoms with Gasteiger partial charge in [0.2, 0.25) is 5.91 Å². The quantitative estimate of drug-likeness (QED) is 0.731. The first-order valence-electron chi connectivity index (χ1n) is 7.72. The van der Waals surface area contributed by atoms with Crippen molar-refractivity contribution >= 4 is 40.2 Å². The third kappa shape index (κ3) is 4.36. The second-order valence-corrected chi connectivity index (χ2v) is 5.89. The Bertz CT molecular complexity index is 919. The van der Waals surface area contributed by atoms with Crippen LogP contribution in [0.2, 0.25) is 5.35 Å². The molecule has 25 heavy (non-hydrogen) atoms. The second-order valence-electron chi connectivity index (χ2n) is 5.57. The van der Waals surface area contributed by atoms with Crippen molar-refractivity contribution in [1.29, 1.82) is 0 Å². The number of carbonyl (C=O) groups is 2. The molecule has 1 aromatic heterocycles. The molecule has 0 fully saturated rings. The fourth-order valence-corrected chi connectivity index (χ4v) is 2.46. The normalized spacial score (nSPS) is 10.6. The number of oxazole rings is 1. The SMILES string of the molecule is Cc1ccc(NC(=O)CCNC(=O)c2ccc3nc(Cl)oc3c2)cc1. The highest BCUT2D eigenvalue weighted by atomic mass is 35.5. The number of amides is 2. The van der Waals surface area contributed by atoms with Crippen molar-refractivity contribution in [3.8, 4) is 0 Å². The lowest BCUT2D eigenvalue weighted by Gasteiger charge is -2.07. The topological polar surface area (TPSA) is 84.2 Å². The smallest absolute Gasteiger partial charge is 0.293 e. The van der Waals surface area contributed by atoms with Crippen LogP contribution in [-0.2, 0) is 4.79 Å². The minimum Gasteiger partial charge on any atom is -0.428 e. The van der Waals surface area contributed by atoms with Crippen LogP contribution in [0.1, 0.15) is 22.3 Å². The number of rotatable bonds is 5. The van der Waals surface area contributed by atoms with Crippen LogP contribution in [0.15, 0.2) is 46.9 Å². The van der Waals surface area contributed by atoms with Gasteiger partial charge in [-0.25, -0.2) is 0 Å². The van der Waals surface area contributed by atoms with Crippen molar-refractivity contribution in [3.63, 3.8) is 0 Å². The van der Waals surface area contributed by atoms with Crippen LogP contribution in [0, 0.1) is 6.92 Å². The molecule has 0 unspecified atom stereocenters. The van der Waals surface area contributed by atoms with Gasteiger partial charge in [0.1, 0.15) is 5.52 Å². The van der Waals surface area contributed by atoms with Gasteiger partial charge in [-0.1, -0.05) is 17.7 Å². The molecule has 2 N–H and O–H groups in total. The van der Waals surface area contributed by atoms with Gasteiger partial charge in [0.25, 0.3) is 11.3 Å². The Hall–Kier alpha value is -2.86. The molecule has 1 heterocycles. The summed E-state index contributed by atoms with van der Waals surface area (Å²) < 4.78 is 5.19. The molecule has 3 rings (SSSR count). The van der Waals surface area contributed by atoms with Gasteiger partial charge in [0.05, 0.1) is 0 Å². The van der Waals surface area contributed by atoms with Gasteiger partial charge in [-0.3, -0.25) is 9.59 Å². The van der Waals surface area contributed by atoms with E-state index in [9.17, 15) is 9.59 Å². The predicted molar refractivity (Wildman–Crippen MR) is 95.8 cm³/mol. The molecule has 128 valence electrons. The zero-order valence-electron chi connectivity index (χ0n) is 13.5. The molecule has 0 aliphatic rings. The first-order chi connectivity index (χ1) is 12.0. The third-order valence-electron chi connectivity index (χ3n) is 3.60. The van der Waals surface area contributed by atoms with Crippen molar-refractivity contribution in [2.45, 2.75) is 13.3 Å². The van der Waals surface area contributed by atoms with E-state index in [1.54, 1.807) is 18.2 Å². The monoisotopic (exact) mass is 357 g/mol. The summed E-state index contributed by atoms with van der Waals surface area (Å²) in [6.07, 6.45) is 0.177. The molecule has 7 heteroatoms. The van der Waals surface area contributed by atoms with Gasteiger partial charge in [0, 0.05) is 24.2 Å². The molecule has 3 aromatic rings. The fourth-order valence-electron chi connectivity index (χ4n) is 2.29. The number of nitrogens with zero attached hydrogens (tertiary/aromatic N) is 1. The summed E-state index contributed by atoms with van der Waals surface area (Å²) in [5, 5.41) is 5.51. The van der Waals surface area contributed by atoms with Gasteiger partial charge < -0.3 is 15.1 Å².